The average Bonchev–Trinajstić information content (AvgIpc) is 2.15. The molecule has 0 N–H and O–H groups in total. The molecule has 14 heavy (non-hydrogen) atoms. The molecule has 0 bridgehead atoms. The van der Waals surface area contributed by atoms with Crippen LogP contribution in [0.1, 0.15) is 39.5 Å². The smallest absolute Gasteiger partial charge is 0.346 e. The summed E-state index contributed by atoms with van der Waals surface area (Å²) in [6, 6.07) is 0. The minimum Gasteiger partial charge on any atom is -0.346 e. The van der Waals surface area contributed by atoms with Gasteiger partial charge in [-0.3, -0.25) is 0 Å². The zero-order chi connectivity index (χ0) is 11.4. The van der Waals surface area contributed by atoms with Crippen LogP contribution >= 0.6 is 9.07 Å². The van der Waals surface area contributed by atoms with E-state index in [9.17, 15) is 0 Å². The van der Waals surface area contributed by atoms with Gasteiger partial charge in [0.2, 0.25) is 0 Å². The van der Waals surface area contributed by atoms with Crippen LogP contribution in [0.2, 0.25) is 17.3 Å². The van der Waals surface area contributed by atoms with Crippen LogP contribution in [0, 0.1) is 12.8 Å². The quantitative estimate of drug-likeness (QED) is 0.612. The lowest BCUT2D eigenvalue weighted by molar-refractivity contribution is 0.537. The zero-order valence-electron chi connectivity index (χ0n) is 10.5. The first kappa shape index (κ1) is 17.7. The van der Waals surface area contributed by atoms with E-state index in [0.717, 1.165) is 0 Å². The molecule has 0 aromatic heterocycles. The van der Waals surface area contributed by atoms with Crippen LogP contribution in [0.4, 0.5) is 0 Å². The van der Waals surface area contributed by atoms with Crippen LogP contribution in [0.15, 0.2) is 0 Å². The highest BCUT2D eigenvalue weighted by atomic mass is 35.5. The third kappa shape index (κ3) is 18.9. The fraction of sp³-hybridized carbons (Fsp3) is 0.909. The largest absolute Gasteiger partial charge is 0.498 e. The van der Waals surface area contributed by atoms with E-state index in [1.807, 2.05) is 0 Å². The van der Waals surface area contributed by atoms with E-state index in [1.165, 1.54) is 29.9 Å². The standard InChI is InChI=1S/C8H17.C3H9Si.ClH.Mg/c1-4-6-7-8(3)5-2;1-4(2)3;;/h8H,3-7H2,1-2H3;4H,1H2,2-3H3;1H;/q;;;+1/p-1. The maximum absolute atomic E-state index is 5.57. The number of halogens is 1. The van der Waals surface area contributed by atoms with Crippen LogP contribution in [-0.4, -0.2) is 28.1 Å². The van der Waals surface area contributed by atoms with E-state index < -0.39 is 0 Å². The molecule has 1 radical (unpaired) electrons. The van der Waals surface area contributed by atoms with Gasteiger partial charge in [0.1, 0.15) is 0 Å². The Bertz CT molecular complexity index is 99.3. The molecule has 83 valence electrons. The van der Waals surface area contributed by atoms with E-state index in [4.69, 9.17) is 9.07 Å². The van der Waals surface area contributed by atoms with Gasteiger partial charge in [-0.1, -0.05) is 59.5 Å². The summed E-state index contributed by atoms with van der Waals surface area (Å²) in [4.78, 5) is 0. The predicted molar refractivity (Wildman–Crippen MR) is 74.0 cm³/mol. The number of unbranched alkanes of at least 4 members (excludes halogenated alkanes) is 1. The van der Waals surface area contributed by atoms with Crippen molar-refractivity contribution in [3.8, 4) is 0 Å². The second kappa shape index (κ2) is 14.3. The molecule has 0 aliphatic heterocycles. The van der Waals surface area contributed by atoms with Gasteiger partial charge >= 0.3 is 19.3 Å². The van der Waals surface area contributed by atoms with Gasteiger partial charge in [-0.05, 0) is 5.92 Å². The Labute approximate surface area is 106 Å². The highest BCUT2D eigenvalue weighted by molar-refractivity contribution is 6.98. The molecule has 0 rings (SSSR count). The molecule has 0 aromatic carbocycles. The van der Waals surface area contributed by atoms with Crippen LogP contribution in [0.25, 0.3) is 0 Å². The topological polar surface area (TPSA) is 0 Å². The van der Waals surface area contributed by atoms with Gasteiger partial charge in [0.05, 0.1) is 0 Å². The Morgan fingerprint density at radius 3 is 2.14 bits per heavy atom. The van der Waals surface area contributed by atoms with Crippen molar-refractivity contribution < 1.29 is 0 Å². The highest BCUT2D eigenvalue weighted by Crippen LogP contribution is 2.09. The summed E-state index contributed by atoms with van der Waals surface area (Å²) in [7, 11) is 5.33. The monoisotopic (exact) mass is 245 g/mol. The predicted octanol–water partition coefficient (Wildman–Crippen LogP) is 4.33. The molecule has 0 amide bonds. The molecule has 1 unspecified atom stereocenters. The molecule has 0 nitrogen and oxygen atoms in total. The van der Waals surface area contributed by atoms with Crippen molar-refractivity contribution in [3.05, 3.63) is 6.92 Å². The summed E-state index contributed by atoms with van der Waals surface area (Å²) in [5.41, 5.74) is 0. The Morgan fingerprint density at radius 2 is 1.93 bits per heavy atom. The second-order valence-corrected chi connectivity index (χ2v) is 10.9. The molecule has 0 saturated heterocycles. The van der Waals surface area contributed by atoms with Gasteiger partial charge in [0, 0.05) is 8.80 Å². The van der Waals surface area contributed by atoms with Crippen molar-refractivity contribution >= 4 is 37.1 Å². The summed E-state index contributed by atoms with van der Waals surface area (Å²) in [6.07, 6.45) is 5.21. The lowest BCUT2D eigenvalue weighted by Gasteiger charge is -2.04. The Kier molecular flexibility index (Phi) is 18.0. The fourth-order valence-corrected chi connectivity index (χ4v) is 6.59. The van der Waals surface area contributed by atoms with Crippen molar-refractivity contribution in [2.24, 2.45) is 5.92 Å². The first-order valence-electron chi connectivity index (χ1n) is 5.97. The van der Waals surface area contributed by atoms with Gasteiger partial charge in [0.25, 0.3) is 0 Å². The number of rotatable bonds is 6. The molecule has 0 fully saturated rings. The van der Waals surface area contributed by atoms with Gasteiger partial charge in [-0.25, -0.2) is 0 Å². The lowest BCUT2D eigenvalue weighted by Crippen LogP contribution is -2.00. The number of hydrogen-bond donors (Lipinski definition) is 0. The second-order valence-electron chi connectivity index (χ2n) is 4.29. The van der Waals surface area contributed by atoms with Gasteiger partial charge in [0.15, 0.2) is 0 Å². The SMILES string of the molecule is C[SiH](C)[CH2][Mg][Cl].[CH2]C(CC)CCCC. The van der Waals surface area contributed by atoms with Crippen molar-refractivity contribution in [1.82, 2.24) is 0 Å². The van der Waals surface area contributed by atoms with E-state index in [2.05, 4.69) is 33.9 Å². The van der Waals surface area contributed by atoms with E-state index in [0.29, 0.717) is 5.92 Å². The molecule has 3 heteroatoms. The van der Waals surface area contributed by atoms with Crippen molar-refractivity contribution in [3.63, 3.8) is 0 Å². The van der Waals surface area contributed by atoms with E-state index in [-0.39, 0.29) is 28.1 Å². The summed E-state index contributed by atoms with van der Waals surface area (Å²) >= 11 is -0.0995. The highest BCUT2D eigenvalue weighted by Gasteiger charge is 1.95. The van der Waals surface area contributed by atoms with Gasteiger partial charge in [-0.2, -0.15) is 0 Å². The summed E-state index contributed by atoms with van der Waals surface area (Å²) in [5.74, 6) is 0.704. The molecule has 0 heterocycles. The Morgan fingerprint density at radius 1 is 1.36 bits per heavy atom. The molecule has 0 spiro atoms. The maximum Gasteiger partial charge on any atom is 0.498 e. The van der Waals surface area contributed by atoms with Crippen LogP contribution in [0.5, 0.6) is 0 Å². The first-order chi connectivity index (χ1) is 6.58. The molecular weight excluding hydrogens is 220 g/mol. The molecule has 0 aliphatic carbocycles. The number of hydrogen-bond acceptors (Lipinski definition) is 0. The van der Waals surface area contributed by atoms with Gasteiger partial charge in [-0.15, -0.1) is 4.17 Å². The van der Waals surface area contributed by atoms with Crippen LogP contribution in [-0.2, 0) is 0 Å². The molecule has 1 atom stereocenters. The summed E-state index contributed by atoms with van der Waals surface area (Å²) < 4.78 is 1.42. The fourth-order valence-electron chi connectivity index (χ4n) is 0.915. The lowest BCUT2D eigenvalue weighted by atomic mass is 10.0. The molecule has 0 aliphatic rings. The zero-order valence-corrected chi connectivity index (χ0v) is 13.8. The summed E-state index contributed by atoms with van der Waals surface area (Å²) in [5, 5.41) is 0. The van der Waals surface area contributed by atoms with Gasteiger partial charge < -0.3 is 9.07 Å². The molecule has 0 saturated carbocycles. The summed E-state index contributed by atoms with van der Waals surface area (Å²) in [6.45, 7) is 13.1. The maximum atomic E-state index is 5.57. The third-order valence-electron chi connectivity index (χ3n) is 2.23. The van der Waals surface area contributed by atoms with Crippen LogP contribution in [0.3, 0.4) is 0 Å². The first-order valence-corrected chi connectivity index (χ1v) is 12.2. The normalized spacial score (nSPS) is 11.6. The molecule has 0 aromatic rings. The van der Waals surface area contributed by atoms with Crippen molar-refractivity contribution in [2.45, 2.75) is 56.8 Å². The minimum atomic E-state index is -0.241. The average molecular weight is 246 g/mol. The Hall–Kier alpha value is 1.27. The van der Waals surface area contributed by atoms with Crippen LogP contribution < -0.4 is 0 Å². The van der Waals surface area contributed by atoms with E-state index in [1.54, 1.807) is 0 Å². The Balaban J connectivity index is 0. The third-order valence-corrected chi connectivity index (χ3v) is 9.69. The van der Waals surface area contributed by atoms with E-state index >= 15 is 0 Å². The molecular formula is C11H26ClMgSi. The van der Waals surface area contributed by atoms with Crippen molar-refractivity contribution in [1.29, 1.82) is 0 Å². The minimum absolute atomic E-state index is 0.0995. The van der Waals surface area contributed by atoms with Crippen molar-refractivity contribution in [2.75, 3.05) is 0 Å².